The monoisotopic (exact) mass is 412 g/mol. The van der Waals surface area contributed by atoms with E-state index in [0.29, 0.717) is 23.5 Å². The van der Waals surface area contributed by atoms with E-state index >= 15 is 0 Å². The Morgan fingerprint density at radius 3 is 2.52 bits per heavy atom. The van der Waals surface area contributed by atoms with Crippen LogP contribution in [0, 0.1) is 5.92 Å². The first-order chi connectivity index (χ1) is 13.9. The number of hydrogen-bond acceptors (Lipinski definition) is 3. The summed E-state index contributed by atoms with van der Waals surface area (Å²) < 4.78 is 28.5. The van der Waals surface area contributed by atoms with Crippen molar-refractivity contribution in [2.24, 2.45) is 5.92 Å². The Labute approximate surface area is 173 Å². The lowest BCUT2D eigenvalue weighted by molar-refractivity contribution is -0.120. The van der Waals surface area contributed by atoms with Gasteiger partial charge >= 0.3 is 0 Å². The Morgan fingerprint density at radius 1 is 1.14 bits per heavy atom. The van der Waals surface area contributed by atoms with E-state index in [9.17, 15) is 13.2 Å². The van der Waals surface area contributed by atoms with Gasteiger partial charge in [-0.15, -0.1) is 0 Å². The van der Waals surface area contributed by atoms with Crippen LogP contribution >= 0.6 is 0 Å². The van der Waals surface area contributed by atoms with Gasteiger partial charge in [-0.3, -0.25) is 9.10 Å². The average Bonchev–Trinajstić information content (AvgIpc) is 3.50. The van der Waals surface area contributed by atoms with Crippen molar-refractivity contribution in [2.45, 2.75) is 56.9 Å². The molecule has 0 radical (unpaired) electrons. The number of carbonyl (C=O) groups excluding carboxylic acids is 1. The van der Waals surface area contributed by atoms with Crippen LogP contribution in [0.2, 0.25) is 0 Å². The molecule has 1 unspecified atom stereocenters. The van der Waals surface area contributed by atoms with Crippen molar-refractivity contribution in [3.63, 3.8) is 0 Å². The van der Waals surface area contributed by atoms with Crippen LogP contribution in [0.4, 0.5) is 11.4 Å². The smallest absolute Gasteiger partial charge is 0.264 e. The Balaban J connectivity index is 1.68. The van der Waals surface area contributed by atoms with Crippen LogP contribution in [-0.2, 0) is 21.2 Å². The number of fused-ring (bicyclic) bond motifs is 1. The third-order valence-electron chi connectivity index (χ3n) is 5.78. The quantitative estimate of drug-likeness (QED) is 0.678. The zero-order valence-electron chi connectivity index (χ0n) is 17.0. The summed E-state index contributed by atoms with van der Waals surface area (Å²) in [4.78, 5) is 14.8. The van der Waals surface area contributed by atoms with Crippen LogP contribution in [-0.4, -0.2) is 26.9 Å². The number of benzene rings is 2. The summed E-state index contributed by atoms with van der Waals surface area (Å²) in [6.45, 7) is 4.53. The number of nitrogens with zero attached hydrogens (tertiary/aromatic N) is 2. The van der Waals surface area contributed by atoms with Crippen LogP contribution in [0.15, 0.2) is 53.4 Å². The summed E-state index contributed by atoms with van der Waals surface area (Å²) in [6.07, 6.45) is 4.33. The molecule has 2 aromatic rings. The van der Waals surface area contributed by atoms with Gasteiger partial charge in [0.1, 0.15) is 0 Å². The predicted octanol–water partition coefficient (Wildman–Crippen LogP) is 4.37. The fourth-order valence-corrected chi connectivity index (χ4v) is 5.60. The van der Waals surface area contributed by atoms with Crippen molar-refractivity contribution in [2.75, 3.05) is 15.7 Å². The summed E-state index contributed by atoms with van der Waals surface area (Å²) in [5.41, 5.74) is 2.49. The molecule has 1 aliphatic carbocycles. The molecule has 4 rings (SSSR count). The molecule has 1 atom stereocenters. The van der Waals surface area contributed by atoms with E-state index in [1.807, 2.05) is 48.2 Å². The number of hydrogen-bond donors (Lipinski definition) is 0. The van der Waals surface area contributed by atoms with E-state index < -0.39 is 10.0 Å². The van der Waals surface area contributed by atoms with Gasteiger partial charge in [-0.05, 0) is 68.5 Å². The predicted molar refractivity (Wildman–Crippen MR) is 116 cm³/mol. The standard InChI is InChI=1S/C23H28N2O3S/c1-3-4-14-24(20-8-6-5-7-9-20)29(27,28)21-12-13-22-19(16-21)15-17(2)25(22)23(26)18-10-11-18/h5-9,12-13,16-18H,3-4,10-11,14-15H2,1-2H3. The van der Waals surface area contributed by atoms with Crippen LogP contribution < -0.4 is 9.21 Å². The minimum absolute atomic E-state index is 0.0707. The topological polar surface area (TPSA) is 57.7 Å². The molecule has 0 bridgehead atoms. The Morgan fingerprint density at radius 2 is 1.86 bits per heavy atom. The summed E-state index contributed by atoms with van der Waals surface area (Å²) in [6, 6.07) is 14.6. The van der Waals surface area contributed by atoms with E-state index in [0.717, 1.165) is 36.9 Å². The summed E-state index contributed by atoms with van der Waals surface area (Å²) in [7, 11) is -3.68. The molecule has 1 saturated carbocycles. The Hall–Kier alpha value is -2.34. The third-order valence-corrected chi connectivity index (χ3v) is 7.60. The molecule has 29 heavy (non-hydrogen) atoms. The van der Waals surface area contributed by atoms with Gasteiger partial charge in [0.15, 0.2) is 0 Å². The number of unbranched alkanes of at least 4 members (excludes halogenated alkanes) is 1. The molecule has 1 heterocycles. The fourth-order valence-electron chi connectivity index (χ4n) is 4.04. The van der Waals surface area contributed by atoms with Crippen molar-refractivity contribution >= 4 is 27.3 Å². The highest BCUT2D eigenvalue weighted by atomic mass is 32.2. The second-order valence-electron chi connectivity index (χ2n) is 8.09. The van der Waals surface area contributed by atoms with E-state index in [1.54, 1.807) is 12.1 Å². The highest BCUT2D eigenvalue weighted by Crippen LogP contribution is 2.40. The molecule has 0 N–H and O–H groups in total. The van der Waals surface area contributed by atoms with Gasteiger partial charge < -0.3 is 4.90 Å². The maximum Gasteiger partial charge on any atom is 0.264 e. The van der Waals surface area contributed by atoms with Crippen LogP contribution in [0.25, 0.3) is 0 Å². The van der Waals surface area contributed by atoms with Crippen molar-refractivity contribution in [3.05, 3.63) is 54.1 Å². The molecule has 1 amide bonds. The molecule has 6 heteroatoms. The summed E-state index contributed by atoms with van der Waals surface area (Å²) in [5, 5.41) is 0. The third kappa shape index (κ3) is 3.78. The molecule has 5 nitrogen and oxygen atoms in total. The largest absolute Gasteiger partial charge is 0.309 e. The molecule has 154 valence electrons. The molecule has 0 spiro atoms. The van der Waals surface area contributed by atoms with Crippen molar-refractivity contribution in [3.8, 4) is 0 Å². The van der Waals surface area contributed by atoms with Gasteiger partial charge in [0.05, 0.1) is 10.6 Å². The number of rotatable bonds is 7. The zero-order chi connectivity index (χ0) is 20.6. The van der Waals surface area contributed by atoms with Gasteiger partial charge in [0.25, 0.3) is 10.0 Å². The summed E-state index contributed by atoms with van der Waals surface area (Å²) >= 11 is 0. The molecule has 1 fully saturated rings. The highest BCUT2D eigenvalue weighted by molar-refractivity contribution is 7.92. The fraction of sp³-hybridized carbons (Fsp3) is 0.435. The molecule has 1 aliphatic heterocycles. The molecule has 0 aromatic heterocycles. The zero-order valence-corrected chi connectivity index (χ0v) is 17.9. The normalized spacial score (nSPS) is 18.6. The molecule has 0 saturated heterocycles. The van der Waals surface area contributed by atoms with Gasteiger partial charge in [-0.2, -0.15) is 0 Å². The van der Waals surface area contributed by atoms with Gasteiger partial charge in [0.2, 0.25) is 5.91 Å². The maximum absolute atomic E-state index is 13.5. The minimum atomic E-state index is -3.68. The van der Waals surface area contributed by atoms with E-state index in [1.165, 1.54) is 4.31 Å². The number of sulfonamides is 1. The number of carbonyl (C=O) groups is 1. The van der Waals surface area contributed by atoms with Gasteiger partial charge in [0, 0.05) is 24.2 Å². The Kier molecular flexibility index (Phi) is 5.38. The lowest BCUT2D eigenvalue weighted by atomic mass is 10.1. The van der Waals surface area contributed by atoms with Crippen molar-refractivity contribution < 1.29 is 13.2 Å². The first-order valence-corrected chi connectivity index (χ1v) is 11.9. The van der Waals surface area contributed by atoms with Gasteiger partial charge in [-0.25, -0.2) is 8.42 Å². The highest BCUT2D eigenvalue weighted by Gasteiger charge is 2.40. The second kappa shape index (κ2) is 7.82. The summed E-state index contributed by atoms with van der Waals surface area (Å²) in [5.74, 6) is 0.329. The lowest BCUT2D eigenvalue weighted by Gasteiger charge is -2.25. The lowest BCUT2D eigenvalue weighted by Crippen LogP contribution is -2.36. The molecular weight excluding hydrogens is 384 g/mol. The van der Waals surface area contributed by atoms with Crippen LogP contribution in [0.3, 0.4) is 0 Å². The number of amides is 1. The van der Waals surface area contributed by atoms with E-state index in [4.69, 9.17) is 0 Å². The molecule has 2 aliphatic rings. The Bertz CT molecular complexity index is 1000. The SMILES string of the molecule is CCCCN(c1ccccc1)S(=O)(=O)c1ccc2c(c1)CC(C)N2C(=O)C1CC1. The number of para-hydroxylation sites is 1. The van der Waals surface area contributed by atoms with Gasteiger partial charge in [-0.1, -0.05) is 31.5 Å². The van der Waals surface area contributed by atoms with Crippen molar-refractivity contribution in [1.29, 1.82) is 0 Å². The van der Waals surface area contributed by atoms with Crippen LogP contribution in [0.5, 0.6) is 0 Å². The average molecular weight is 413 g/mol. The maximum atomic E-state index is 13.5. The first-order valence-electron chi connectivity index (χ1n) is 10.5. The molecular formula is C23H28N2O3S. The van der Waals surface area contributed by atoms with Crippen LogP contribution in [0.1, 0.15) is 45.1 Å². The number of anilines is 2. The first kappa shape index (κ1) is 20.0. The molecule has 2 aromatic carbocycles. The van der Waals surface area contributed by atoms with E-state index in [2.05, 4.69) is 6.92 Å². The van der Waals surface area contributed by atoms with E-state index in [-0.39, 0.29) is 17.9 Å². The second-order valence-corrected chi connectivity index (χ2v) is 9.95. The minimum Gasteiger partial charge on any atom is -0.309 e. The van der Waals surface area contributed by atoms with Crippen molar-refractivity contribution in [1.82, 2.24) is 0 Å².